The highest BCUT2D eigenvalue weighted by Gasteiger charge is 2.23. The third-order valence-corrected chi connectivity index (χ3v) is 3.12. The molecule has 0 aliphatic carbocycles. The fourth-order valence-corrected chi connectivity index (χ4v) is 2.09. The van der Waals surface area contributed by atoms with Gasteiger partial charge >= 0.3 is 0 Å². The summed E-state index contributed by atoms with van der Waals surface area (Å²) in [6, 6.07) is 7.08. The highest BCUT2D eigenvalue weighted by atomic mass is 35.5. The van der Waals surface area contributed by atoms with Crippen LogP contribution in [0.3, 0.4) is 0 Å². The SMILES string of the molecule is CCN=C(N)NC(=O)c1c(-c2ccccc2Cl)noc1C. The van der Waals surface area contributed by atoms with Crippen molar-refractivity contribution in [2.45, 2.75) is 13.8 Å². The van der Waals surface area contributed by atoms with Gasteiger partial charge < -0.3 is 10.3 Å². The van der Waals surface area contributed by atoms with Crippen LogP contribution < -0.4 is 11.1 Å². The van der Waals surface area contributed by atoms with Crippen molar-refractivity contribution in [1.29, 1.82) is 0 Å². The van der Waals surface area contributed by atoms with Crippen LogP contribution in [0.1, 0.15) is 23.0 Å². The average Bonchev–Trinajstić information content (AvgIpc) is 2.81. The predicted octanol–water partition coefficient (Wildman–Crippen LogP) is 2.37. The molecule has 0 saturated heterocycles. The first kappa shape index (κ1) is 15.1. The van der Waals surface area contributed by atoms with E-state index in [4.69, 9.17) is 21.9 Å². The van der Waals surface area contributed by atoms with Crippen molar-refractivity contribution in [2.75, 3.05) is 6.54 Å². The minimum absolute atomic E-state index is 0.0493. The molecule has 21 heavy (non-hydrogen) atoms. The van der Waals surface area contributed by atoms with Crippen LogP contribution in [-0.4, -0.2) is 23.6 Å². The Balaban J connectivity index is 2.42. The van der Waals surface area contributed by atoms with Gasteiger partial charge in [0.15, 0.2) is 5.96 Å². The Morgan fingerprint density at radius 1 is 1.48 bits per heavy atom. The summed E-state index contributed by atoms with van der Waals surface area (Å²) in [5, 5.41) is 6.90. The molecular weight excluding hydrogens is 292 g/mol. The van der Waals surface area contributed by atoms with Crippen LogP contribution in [0.15, 0.2) is 33.8 Å². The fraction of sp³-hybridized carbons (Fsp3) is 0.214. The maximum absolute atomic E-state index is 12.3. The van der Waals surface area contributed by atoms with Gasteiger partial charge in [-0.2, -0.15) is 0 Å². The molecule has 7 heteroatoms. The standard InChI is InChI=1S/C14H15ClN4O2/c1-3-17-14(16)18-13(20)11-8(2)21-19-12(11)9-6-4-5-7-10(9)15/h4-7H,3H2,1-2H3,(H3,16,17,18,20). The molecule has 0 aliphatic heterocycles. The summed E-state index contributed by atoms with van der Waals surface area (Å²) in [4.78, 5) is 16.2. The molecule has 1 amide bonds. The van der Waals surface area contributed by atoms with Crippen LogP contribution >= 0.6 is 11.6 Å². The first-order chi connectivity index (χ1) is 10.0. The number of carbonyl (C=O) groups is 1. The summed E-state index contributed by atoms with van der Waals surface area (Å²) in [7, 11) is 0. The lowest BCUT2D eigenvalue weighted by Crippen LogP contribution is -2.37. The van der Waals surface area contributed by atoms with Crippen molar-refractivity contribution in [3.8, 4) is 11.3 Å². The van der Waals surface area contributed by atoms with Crippen LogP contribution in [-0.2, 0) is 0 Å². The van der Waals surface area contributed by atoms with Crippen molar-refractivity contribution in [3.63, 3.8) is 0 Å². The lowest BCUT2D eigenvalue weighted by Gasteiger charge is -2.05. The lowest BCUT2D eigenvalue weighted by atomic mass is 10.1. The lowest BCUT2D eigenvalue weighted by molar-refractivity contribution is 0.0975. The van der Waals surface area contributed by atoms with E-state index in [-0.39, 0.29) is 11.5 Å². The summed E-state index contributed by atoms with van der Waals surface area (Å²) in [5.74, 6) is -0.00158. The minimum atomic E-state index is -0.432. The van der Waals surface area contributed by atoms with Crippen molar-refractivity contribution in [2.24, 2.45) is 10.7 Å². The number of nitrogens with one attached hydrogen (secondary N) is 1. The smallest absolute Gasteiger partial charge is 0.263 e. The number of benzene rings is 1. The van der Waals surface area contributed by atoms with Crippen molar-refractivity contribution in [3.05, 3.63) is 40.6 Å². The van der Waals surface area contributed by atoms with E-state index in [0.717, 1.165) is 0 Å². The molecule has 0 aliphatic rings. The molecular formula is C14H15ClN4O2. The molecule has 1 heterocycles. The van der Waals surface area contributed by atoms with Gasteiger partial charge in [-0.3, -0.25) is 15.1 Å². The van der Waals surface area contributed by atoms with Crippen molar-refractivity contribution < 1.29 is 9.32 Å². The van der Waals surface area contributed by atoms with E-state index in [2.05, 4.69) is 15.5 Å². The van der Waals surface area contributed by atoms with Gasteiger partial charge in [0.25, 0.3) is 5.91 Å². The fourth-order valence-electron chi connectivity index (χ4n) is 1.87. The Morgan fingerprint density at radius 2 is 2.19 bits per heavy atom. The number of aryl methyl sites for hydroxylation is 1. The number of nitrogens with two attached hydrogens (primary N) is 1. The number of amides is 1. The van der Waals surface area contributed by atoms with Crippen LogP contribution in [0.5, 0.6) is 0 Å². The van der Waals surface area contributed by atoms with E-state index < -0.39 is 5.91 Å². The second-order valence-electron chi connectivity index (χ2n) is 4.26. The van der Waals surface area contributed by atoms with Gasteiger partial charge in [-0.25, -0.2) is 0 Å². The molecule has 0 atom stereocenters. The number of aliphatic imine (C=N–C) groups is 1. The number of guanidine groups is 1. The Bertz CT molecular complexity index is 694. The Labute approximate surface area is 127 Å². The van der Waals surface area contributed by atoms with Gasteiger partial charge in [0, 0.05) is 12.1 Å². The molecule has 0 saturated carbocycles. The third kappa shape index (κ3) is 3.22. The molecule has 3 N–H and O–H groups in total. The van der Waals surface area contributed by atoms with E-state index >= 15 is 0 Å². The predicted molar refractivity (Wildman–Crippen MR) is 81.3 cm³/mol. The zero-order valence-electron chi connectivity index (χ0n) is 11.7. The molecule has 0 fully saturated rings. The highest BCUT2D eigenvalue weighted by Crippen LogP contribution is 2.30. The van der Waals surface area contributed by atoms with E-state index in [9.17, 15) is 4.79 Å². The summed E-state index contributed by atoms with van der Waals surface area (Å²) in [6.07, 6.45) is 0. The molecule has 0 radical (unpaired) electrons. The largest absolute Gasteiger partial charge is 0.370 e. The van der Waals surface area contributed by atoms with Gasteiger partial charge in [-0.1, -0.05) is 35.0 Å². The second kappa shape index (κ2) is 6.41. The van der Waals surface area contributed by atoms with Gasteiger partial charge in [-0.05, 0) is 19.9 Å². The molecule has 1 aromatic carbocycles. The first-order valence-electron chi connectivity index (χ1n) is 6.37. The van der Waals surface area contributed by atoms with E-state index in [1.165, 1.54) is 0 Å². The maximum atomic E-state index is 12.3. The molecule has 6 nitrogen and oxygen atoms in total. The molecule has 0 unspecified atom stereocenters. The molecule has 0 spiro atoms. The summed E-state index contributed by atoms with van der Waals surface area (Å²) in [5.41, 5.74) is 6.88. The Morgan fingerprint density at radius 3 is 2.86 bits per heavy atom. The number of nitrogens with zero attached hydrogens (tertiary/aromatic N) is 2. The molecule has 2 rings (SSSR count). The van der Waals surface area contributed by atoms with Crippen LogP contribution in [0.25, 0.3) is 11.3 Å². The quantitative estimate of drug-likeness (QED) is 0.672. The average molecular weight is 307 g/mol. The zero-order valence-corrected chi connectivity index (χ0v) is 12.4. The van der Waals surface area contributed by atoms with E-state index in [0.29, 0.717) is 28.6 Å². The monoisotopic (exact) mass is 306 g/mol. The summed E-state index contributed by atoms with van der Waals surface area (Å²) in [6.45, 7) is 3.94. The molecule has 0 bridgehead atoms. The maximum Gasteiger partial charge on any atom is 0.263 e. The van der Waals surface area contributed by atoms with Crippen molar-refractivity contribution >= 4 is 23.5 Å². The highest BCUT2D eigenvalue weighted by molar-refractivity contribution is 6.33. The topological polar surface area (TPSA) is 93.5 Å². The Kier molecular flexibility index (Phi) is 4.59. The van der Waals surface area contributed by atoms with Gasteiger partial charge in [0.1, 0.15) is 17.0 Å². The van der Waals surface area contributed by atoms with Gasteiger partial charge in [0.05, 0.1) is 5.02 Å². The minimum Gasteiger partial charge on any atom is -0.370 e. The number of carbonyl (C=O) groups excluding carboxylic acids is 1. The van der Waals surface area contributed by atoms with Crippen LogP contribution in [0.4, 0.5) is 0 Å². The number of rotatable bonds is 3. The summed E-state index contributed by atoms with van der Waals surface area (Å²) >= 11 is 6.14. The van der Waals surface area contributed by atoms with Gasteiger partial charge in [0.2, 0.25) is 0 Å². The summed E-state index contributed by atoms with van der Waals surface area (Å²) < 4.78 is 5.12. The zero-order chi connectivity index (χ0) is 15.4. The first-order valence-corrected chi connectivity index (χ1v) is 6.74. The molecule has 2 aromatic rings. The third-order valence-electron chi connectivity index (χ3n) is 2.79. The van der Waals surface area contributed by atoms with Crippen molar-refractivity contribution in [1.82, 2.24) is 10.5 Å². The molecule has 110 valence electrons. The molecule has 1 aromatic heterocycles. The normalized spacial score (nSPS) is 11.5. The number of hydrogen-bond donors (Lipinski definition) is 2. The second-order valence-corrected chi connectivity index (χ2v) is 4.66. The number of halogens is 1. The van der Waals surface area contributed by atoms with E-state index in [1.807, 2.05) is 6.92 Å². The number of aromatic nitrogens is 1. The van der Waals surface area contributed by atoms with Crippen LogP contribution in [0.2, 0.25) is 5.02 Å². The van der Waals surface area contributed by atoms with Gasteiger partial charge in [-0.15, -0.1) is 0 Å². The van der Waals surface area contributed by atoms with E-state index in [1.54, 1.807) is 31.2 Å². The number of hydrogen-bond acceptors (Lipinski definition) is 4. The van der Waals surface area contributed by atoms with Crippen LogP contribution in [0, 0.1) is 6.92 Å². The Hall–Kier alpha value is -2.34.